The van der Waals surface area contributed by atoms with Crippen LogP contribution in [0.15, 0.2) is 12.1 Å². The van der Waals surface area contributed by atoms with Crippen molar-refractivity contribution in [3.05, 3.63) is 23.3 Å². The van der Waals surface area contributed by atoms with E-state index in [4.69, 9.17) is 4.74 Å². The van der Waals surface area contributed by atoms with E-state index >= 15 is 0 Å². The summed E-state index contributed by atoms with van der Waals surface area (Å²) in [5.74, 6) is -1.84. The summed E-state index contributed by atoms with van der Waals surface area (Å²) < 4.78 is 33.0. The van der Waals surface area contributed by atoms with Gasteiger partial charge in [-0.2, -0.15) is 0 Å². The molecule has 2 fully saturated rings. The fourth-order valence-corrected chi connectivity index (χ4v) is 6.60. The lowest BCUT2D eigenvalue weighted by Gasteiger charge is -2.49. The van der Waals surface area contributed by atoms with Crippen molar-refractivity contribution in [3.63, 3.8) is 0 Å². The molecule has 1 aromatic carbocycles. The van der Waals surface area contributed by atoms with Crippen LogP contribution in [0.3, 0.4) is 0 Å². The van der Waals surface area contributed by atoms with Crippen LogP contribution in [0.5, 0.6) is 11.5 Å². The highest BCUT2D eigenvalue weighted by atomic mass is 19.3. The van der Waals surface area contributed by atoms with Crippen LogP contribution in [0.2, 0.25) is 0 Å². The molecule has 3 atom stereocenters. The Labute approximate surface area is 209 Å². The number of rotatable bonds is 8. The first-order chi connectivity index (χ1) is 16.3. The van der Waals surface area contributed by atoms with Crippen molar-refractivity contribution in [3.8, 4) is 11.5 Å². The number of nitrogens with one attached hydrogen (secondary N) is 1. The number of amides is 1. The van der Waals surface area contributed by atoms with Gasteiger partial charge in [-0.25, -0.2) is 8.78 Å². The van der Waals surface area contributed by atoms with Crippen LogP contribution in [-0.2, 0) is 10.2 Å². The number of unbranched alkanes of at least 4 members (excludes halogenated alkanes) is 3. The van der Waals surface area contributed by atoms with Crippen LogP contribution >= 0.6 is 0 Å². The minimum atomic E-state index is -2.65. The zero-order valence-electron chi connectivity index (χ0n) is 22.1. The summed E-state index contributed by atoms with van der Waals surface area (Å²) in [5.41, 5.74) is 1.40. The third-order valence-electron chi connectivity index (χ3n) is 8.85. The van der Waals surface area contributed by atoms with E-state index < -0.39 is 17.6 Å². The first kappa shape index (κ1) is 26.2. The lowest BCUT2D eigenvalue weighted by molar-refractivity contribution is -0.135. The summed E-state index contributed by atoms with van der Waals surface area (Å²) in [5, 5.41) is 14.1. The van der Waals surface area contributed by atoms with Gasteiger partial charge in [0.1, 0.15) is 17.1 Å². The number of halogens is 2. The number of carbonyl (C=O) groups excluding carboxylic acids is 1. The molecular formula is C29H43F2NO3. The first-order valence-corrected chi connectivity index (χ1v) is 13.6. The predicted molar refractivity (Wildman–Crippen MR) is 134 cm³/mol. The third-order valence-corrected chi connectivity index (χ3v) is 8.85. The smallest absolute Gasteiger partial charge is 0.252 e. The van der Waals surface area contributed by atoms with Crippen LogP contribution in [0.1, 0.15) is 116 Å². The van der Waals surface area contributed by atoms with E-state index in [0.717, 1.165) is 36.1 Å². The van der Waals surface area contributed by atoms with E-state index in [1.807, 2.05) is 6.07 Å². The van der Waals surface area contributed by atoms with E-state index in [1.54, 1.807) is 0 Å². The molecule has 2 saturated carbocycles. The Morgan fingerprint density at radius 2 is 1.89 bits per heavy atom. The number of benzene rings is 1. The van der Waals surface area contributed by atoms with Gasteiger partial charge in [-0.05, 0) is 68.6 Å². The van der Waals surface area contributed by atoms with Crippen molar-refractivity contribution in [2.24, 2.45) is 11.8 Å². The third kappa shape index (κ3) is 5.46. The second kappa shape index (κ2) is 9.55. The quantitative estimate of drug-likeness (QED) is 0.377. The molecule has 0 aromatic heterocycles. The first-order valence-electron chi connectivity index (χ1n) is 13.6. The van der Waals surface area contributed by atoms with Gasteiger partial charge in [-0.1, -0.05) is 46.5 Å². The molecule has 1 aliphatic heterocycles. The minimum absolute atomic E-state index is 0.00259. The van der Waals surface area contributed by atoms with Gasteiger partial charge in [0.25, 0.3) is 5.92 Å². The number of phenols is 1. The highest BCUT2D eigenvalue weighted by molar-refractivity contribution is 5.79. The zero-order chi connectivity index (χ0) is 25.6. The van der Waals surface area contributed by atoms with Crippen molar-refractivity contribution < 1.29 is 23.4 Å². The molecule has 0 radical (unpaired) electrons. The maximum Gasteiger partial charge on any atom is 0.252 e. The Balaban J connectivity index is 1.54. The van der Waals surface area contributed by atoms with Gasteiger partial charge < -0.3 is 15.2 Å². The summed E-state index contributed by atoms with van der Waals surface area (Å²) >= 11 is 0. The molecule has 6 heteroatoms. The molecule has 1 amide bonds. The molecule has 0 bridgehead atoms. The average molecular weight is 492 g/mol. The zero-order valence-corrected chi connectivity index (χ0v) is 22.1. The Bertz CT molecular complexity index is 934. The number of alkyl halides is 2. The van der Waals surface area contributed by atoms with Gasteiger partial charge >= 0.3 is 0 Å². The van der Waals surface area contributed by atoms with Crippen LogP contribution < -0.4 is 10.1 Å². The molecular weight excluding hydrogens is 448 g/mol. The molecule has 4 rings (SSSR count). The van der Waals surface area contributed by atoms with Crippen molar-refractivity contribution >= 4 is 5.91 Å². The largest absolute Gasteiger partial charge is 0.508 e. The molecule has 0 spiro atoms. The lowest BCUT2D eigenvalue weighted by atomic mass is 9.63. The van der Waals surface area contributed by atoms with Gasteiger partial charge in [0.2, 0.25) is 5.91 Å². The Morgan fingerprint density at radius 1 is 1.17 bits per heavy atom. The predicted octanol–water partition coefficient (Wildman–Crippen LogP) is 7.23. The summed E-state index contributed by atoms with van der Waals surface area (Å²) in [4.78, 5) is 12.9. The van der Waals surface area contributed by atoms with Crippen LogP contribution in [0, 0.1) is 11.8 Å². The van der Waals surface area contributed by atoms with Gasteiger partial charge in [0.05, 0.1) is 0 Å². The van der Waals surface area contributed by atoms with E-state index in [1.165, 1.54) is 19.3 Å². The summed E-state index contributed by atoms with van der Waals surface area (Å²) in [6, 6.07) is 3.58. The second-order valence-electron chi connectivity index (χ2n) is 12.5. The van der Waals surface area contributed by atoms with E-state index in [0.29, 0.717) is 12.8 Å². The van der Waals surface area contributed by atoms with Crippen molar-refractivity contribution in [2.75, 3.05) is 0 Å². The Kier molecular flexibility index (Phi) is 7.16. The molecule has 1 aromatic rings. The summed E-state index contributed by atoms with van der Waals surface area (Å²) in [7, 11) is 0. The topological polar surface area (TPSA) is 58.6 Å². The highest BCUT2D eigenvalue weighted by Gasteiger charge is 2.50. The van der Waals surface area contributed by atoms with Crippen LogP contribution in [0.25, 0.3) is 0 Å². The van der Waals surface area contributed by atoms with Gasteiger partial charge in [0.15, 0.2) is 0 Å². The van der Waals surface area contributed by atoms with E-state index in [2.05, 4.69) is 46.0 Å². The minimum Gasteiger partial charge on any atom is -0.508 e. The number of hydrogen-bond donors (Lipinski definition) is 2. The average Bonchev–Trinajstić information content (AvgIpc) is 2.74. The number of fused-ring (bicyclic) bond motifs is 3. The van der Waals surface area contributed by atoms with E-state index in [-0.39, 0.29) is 47.7 Å². The number of hydrogen-bond acceptors (Lipinski definition) is 3. The van der Waals surface area contributed by atoms with Crippen LogP contribution in [0.4, 0.5) is 8.78 Å². The highest BCUT2D eigenvalue weighted by Crippen LogP contribution is 2.56. The SMILES string of the molecule is CCCCCCC(C)(C)c1cc(O)c2c(c1)OC(C)(C)[C@@H]1CC[C@@H](C(=O)NC3CC(F)(F)C3)C[C@@H]21. The fourth-order valence-electron chi connectivity index (χ4n) is 6.60. The second-order valence-corrected chi connectivity index (χ2v) is 12.5. The monoisotopic (exact) mass is 491 g/mol. The van der Waals surface area contributed by atoms with Gasteiger partial charge in [-0.15, -0.1) is 0 Å². The normalized spacial score (nSPS) is 27.2. The molecule has 4 nitrogen and oxygen atoms in total. The van der Waals surface area contributed by atoms with Crippen molar-refractivity contribution in [2.45, 2.75) is 128 Å². The van der Waals surface area contributed by atoms with E-state index in [9.17, 15) is 18.7 Å². The van der Waals surface area contributed by atoms with Gasteiger partial charge in [-0.3, -0.25) is 4.79 Å². The molecule has 2 aliphatic carbocycles. The summed E-state index contributed by atoms with van der Waals surface area (Å²) in [6.45, 7) is 10.9. The standard InChI is InChI=1S/C29H43F2NO3/c1-6-7-8-9-12-27(2,3)19-14-23(33)25-21-13-18(26(34)32-20-16-29(30,31)17-20)10-11-22(21)28(4,5)35-24(25)15-19/h14-15,18,20-22,33H,6-13,16-17H2,1-5H3,(H,32,34)/t18-,21-,22-/m1/s1. The number of ether oxygens (including phenoxy) is 1. The summed E-state index contributed by atoms with van der Waals surface area (Å²) in [6.07, 6.45) is 7.45. The molecule has 2 N–H and O–H groups in total. The van der Waals surface area contributed by atoms with Gasteiger partial charge in [0, 0.05) is 36.3 Å². The molecule has 3 aliphatic rings. The van der Waals surface area contributed by atoms with Crippen molar-refractivity contribution in [1.82, 2.24) is 5.32 Å². The number of phenolic OH excluding ortho intramolecular Hbond substituents is 1. The maximum atomic E-state index is 13.2. The Hall–Kier alpha value is -1.85. The molecule has 196 valence electrons. The fraction of sp³-hybridized carbons (Fsp3) is 0.759. The lowest BCUT2D eigenvalue weighted by Crippen LogP contribution is -2.53. The van der Waals surface area contributed by atoms with Crippen LogP contribution in [-0.4, -0.2) is 28.6 Å². The number of aromatic hydroxyl groups is 1. The Morgan fingerprint density at radius 3 is 2.54 bits per heavy atom. The maximum absolute atomic E-state index is 13.2. The number of carbonyl (C=O) groups is 1. The molecule has 0 unspecified atom stereocenters. The molecule has 1 heterocycles. The molecule has 35 heavy (non-hydrogen) atoms. The van der Waals surface area contributed by atoms with Crippen molar-refractivity contribution in [1.29, 1.82) is 0 Å². The molecule has 0 saturated heterocycles.